The van der Waals surface area contributed by atoms with E-state index in [9.17, 15) is 4.79 Å². The van der Waals surface area contributed by atoms with Crippen molar-refractivity contribution in [3.63, 3.8) is 0 Å². The van der Waals surface area contributed by atoms with Crippen molar-refractivity contribution in [2.45, 2.75) is 47.5 Å². The largest absolute Gasteiger partial charge is 0.359 e. The molecule has 0 saturated heterocycles. The number of rotatable bonds is 2. The van der Waals surface area contributed by atoms with E-state index in [0.717, 1.165) is 6.42 Å². The summed E-state index contributed by atoms with van der Waals surface area (Å²) in [6.45, 7) is 10.4. The molecule has 0 aliphatic rings. The molecule has 1 amide bonds. The highest BCUT2D eigenvalue weighted by Gasteiger charge is 2.11. The summed E-state index contributed by atoms with van der Waals surface area (Å²) in [6.07, 6.45) is 1.59. The fraction of sp³-hybridized carbons (Fsp3) is 0.900. The van der Waals surface area contributed by atoms with Crippen LogP contribution in [0, 0.1) is 5.41 Å². The van der Waals surface area contributed by atoms with E-state index in [1.165, 1.54) is 0 Å². The Kier molecular flexibility index (Phi) is 8.34. The Morgan fingerprint density at radius 3 is 1.92 bits per heavy atom. The van der Waals surface area contributed by atoms with Gasteiger partial charge < -0.3 is 5.32 Å². The normalized spacial score (nSPS) is 9.83. The van der Waals surface area contributed by atoms with Gasteiger partial charge in [-0.1, -0.05) is 34.6 Å². The summed E-state index contributed by atoms with van der Waals surface area (Å²) in [5.74, 6) is 0.134. The molecule has 0 saturated carbocycles. The Hall–Kier alpha value is -0.530. The smallest absolute Gasteiger partial charge is 0.219 e. The molecule has 12 heavy (non-hydrogen) atoms. The summed E-state index contributed by atoms with van der Waals surface area (Å²) < 4.78 is 0. The molecule has 0 aliphatic carbocycles. The van der Waals surface area contributed by atoms with Gasteiger partial charge in [-0.15, -0.1) is 0 Å². The molecule has 0 radical (unpaired) electrons. The zero-order chi connectivity index (χ0) is 10.2. The molecule has 0 aromatic carbocycles. The first-order valence-corrected chi connectivity index (χ1v) is 4.66. The third-order valence-electron chi connectivity index (χ3n) is 1.38. The van der Waals surface area contributed by atoms with Crippen LogP contribution in [0.5, 0.6) is 0 Å². The minimum atomic E-state index is 0.134. The molecule has 0 spiro atoms. The molecular formula is C10H23NO. The van der Waals surface area contributed by atoms with Crippen molar-refractivity contribution in [1.82, 2.24) is 5.32 Å². The van der Waals surface area contributed by atoms with Crippen molar-refractivity contribution >= 4 is 5.91 Å². The van der Waals surface area contributed by atoms with Crippen molar-refractivity contribution in [2.24, 2.45) is 5.41 Å². The van der Waals surface area contributed by atoms with E-state index < -0.39 is 0 Å². The molecule has 0 fully saturated rings. The van der Waals surface area contributed by atoms with Crippen LogP contribution in [0.4, 0.5) is 0 Å². The molecule has 1 N–H and O–H groups in total. The van der Waals surface area contributed by atoms with Gasteiger partial charge in [-0.05, 0) is 11.8 Å². The lowest BCUT2D eigenvalue weighted by Gasteiger charge is -2.16. The third kappa shape index (κ3) is 12.2. The van der Waals surface area contributed by atoms with E-state index in [1.54, 1.807) is 7.05 Å². The van der Waals surface area contributed by atoms with E-state index in [-0.39, 0.29) is 11.3 Å². The number of hydrogen-bond acceptors (Lipinski definition) is 1. The van der Waals surface area contributed by atoms with Crippen LogP contribution in [0.3, 0.4) is 0 Å². The average Bonchev–Trinajstić information content (AvgIpc) is 2.03. The topological polar surface area (TPSA) is 29.1 Å². The maximum atomic E-state index is 10.7. The van der Waals surface area contributed by atoms with Gasteiger partial charge in [0.05, 0.1) is 0 Å². The molecule has 0 aromatic rings. The molecule has 74 valence electrons. The third-order valence-corrected chi connectivity index (χ3v) is 1.38. The molecular weight excluding hydrogens is 150 g/mol. The fourth-order valence-electron chi connectivity index (χ4n) is 0.614. The maximum Gasteiger partial charge on any atom is 0.219 e. The Morgan fingerprint density at radius 1 is 1.25 bits per heavy atom. The van der Waals surface area contributed by atoms with Gasteiger partial charge in [0.25, 0.3) is 0 Å². The monoisotopic (exact) mass is 173 g/mol. The number of carbonyl (C=O) groups is 1. The zero-order valence-corrected chi connectivity index (χ0v) is 9.32. The van der Waals surface area contributed by atoms with Crippen molar-refractivity contribution in [3.05, 3.63) is 0 Å². The van der Waals surface area contributed by atoms with Crippen molar-refractivity contribution in [3.8, 4) is 0 Å². The van der Waals surface area contributed by atoms with Crippen LogP contribution in [0.15, 0.2) is 0 Å². The molecule has 0 bridgehead atoms. The van der Waals surface area contributed by atoms with Crippen LogP contribution < -0.4 is 5.32 Å². The number of nitrogens with one attached hydrogen (secondary N) is 1. The van der Waals surface area contributed by atoms with E-state index in [0.29, 0.717) is 6.42 Å². The molecule has 2 heteroatoms. The van der Waals surface area contributed by atoms with Gasteiger partial charge in [0.15, 0.2) is 0 Å². The predicted octanol–water partition coefficient (Wildman–Crippen LogP) is 2.58. The van der Waals surface area contributed by atoms with E-state index in [4.69, 9.17) is 0 Å². The highest BCUT2D eigenvalue weighted by molar-refractivity contribution is 5.75. The van der Waals surface area contributed by atoms with Gasteiger partial charge in [-0.2, -0.15) is 0 Å². The molecule has 0 unspecified atom stereocenters. The van der Waals surface area contributed by atoms with Gasteiger partial charge in [-0.25, -0.2) is 0 Å². The fourth-order valence-corrected chi connectivity index (χ4v) is 0.614. The molecule has 2 nitrogen and oxygen atoms in total. The van der Waals surface area contributed by atoms with Crippen LogP contribution in [0.1, 0.15) is 47.5 Å². The quantitative estimate of drug-likeness (QED) is 0.683. The minimum absolute atomic E-state index is 0.134. The van der Waals surface area contributed by atoms with Crippen LogP contribution in [-0.2, 0) is 4.79 Å². The van der Waals surface area contributed by atoms with Gasteiger partial charge in [-0.3, -0.25) is 4.79 Å². The second-order valence-corrected chi connectivity index (χ2v) is 3.73. The van der Waals surface area contributed by atoms with Crippen LogP contribution in [0.2, 0.25) is 0 Å². The summed E-state index contributed by atoms with van der Waals surface area (Å²) in [5.41, 5.74) is 0.270. The first-order chi connectivity index (χ1) is 5.45. The summed E-state index contributed by atoms with van der Waals surface area (Å²) in [4.78, 5) is 10.7. The lowest BCUT2D eigenvalue weighted by atomic mass is 9.90. The van der Waals surface area contributed by atoms with Gasteiger partial charge in [0, 0.05) is 13.5 Å². The molecule has 0 aliphatic heterocycles. The molecule has 0 heterocycles. The first kappa shape index (κ1) is 14.0. The second kappa shape index (κ2) is 7.14. The van der Waals surface area contributed by atoms with Gasteiger partial charge in [0.2, 0.25) is 5.91 Å². The lowest BCUT2D eigenvalue weighted by Crippen LogP contribution is -2.19. The van der Waals surface area contributed by atoms with Crippen LogP contribution in [-0.4, -0.2) is 13.0 Å². The SMILES string of the molecule is CC.CNC(=O)CCC(C)(C)C. The molecule has 0 aromatic heterocycles. The van der Waals surface area contributed by atoms with Gasteiger partial charge in [0.1, 0.15) is 0 Å². The summed E-state index contributed by atoms with van der Waals surface area (Å²) in [7, 11) is 1.67. The number of amides is 1. The van der Waals surface area contributed by atoms with Crippen molar-refractivity contribution in [1.29, 1.82) is 0 Å². The van der Waals surface area contributed by atoms with E-state index >= 15 is 0 Å². The van der Waals surface area contributed by atoms with Crippen LogP contribution in [0.25, 0.3) is 0 Å². The van der Waals surface area contributed by atoms with Crippen LogP contribution >= 0.6 is 0 Å². The number of carbonyl (C=O) groups excluding carboxylic acids is 1. The summed E-state index contributed by atoms with van der Waals surface area (Å²) in [5, 5.41) is 2.60. The molecule has 0 atom stereocenters. The van der Waals surface area contributed by atoms with Crippen molar-refractivity contribution in [2.75, 3.05) is 7.05 Å². The van der Waals surface area contributed by atoms with Gasteiger partial charge >= 0.3 is 0 Å². The summed E-state index contributed by atoms with van der Waals surface area (Å²) in [6, 6.07) is 0. The minimum Gasteiger partial charge on any atom is -0.359 e. The highest BCUT2D eigenvalue weighted by atomic mass is 16.1. The predicted molar refractivity (Wildman–Crippen MR) is 54.1 cm³/mol. The first-order valence-electron chi connectivity index (χ1n) is 4.66. The van der Waals surface area contributed by atoms with Crippen molar-refractivity contribution < 1.29 is 4.79 Å². The number of hydrogen-bond donors (Lipinski definition) is 1. The van der Waals surface area contributed by atoms with E-state index in [1.807, 2.05) is 13.8 Å². The highest BCUT2D eigenvalue weighted by Crippen LogP contribution is 2.19. The second-order valence-electron chi connectivity index (χ2n) is 3.73. The maximum absolute atomic E-state index is 10.7. The Morgan fingerprint density at radius 2 is 1.67 bits per heavy atom. The average molecular weight is 173 g/mol. The standard InChI is InChI=1S/C8H17NO.C2H6/c1-8(2,3)6-5-7(10)9-4;1-2/h5-6H2,1-4H3,(H,9,10);1-2H3. The Bertz CT molecular complexity index is 113. The summed E-state index contributed by atoms with van der Waals surface area (Å²) >= 11 is 0. The van der Waals surface area contributed by atoms with E-state index in [2.05, 4.69) is 26.1 Å². The molecule has 0 rings (SSSR count). The zero-order valence-electron chi connectivity index (χ0n) is 9.32. The Balaban J connectivity index is 0. The lowest BCUT2D eigenvalue weighted by molar-refractivity contribution is -0.121. The Labute approximate surface area is 76.7 Å².